The highest BCUT2D eigenvalue weighted by Crippen LogP contribution is 2.21. The third-order valence-corrected chi connectivity index (χ3v) is 4.23. The first-order valence-electron chi connectivity index (χ1n) is 6.32. The zero-order chi connectivity index (χ0) is 12.8. The van der Waals surface area contributed by atoms with Crippen molar-refractivity contribution in [2.45, 2.75) is 19.4 Å². The number of aliphatic hydroxyl groups is 2. The van der Waals surface area contributed by atoms with E-state index in [2.05, 4.69) is 22.8 Å². The highest BCUT2D eigenvalue weighted by molar-refractivity contribution is 7.10. The van der Waals surface area contributed by atoms with Gasteiger partial charge in [-0.3, -0.25) is 4.90 Å². The molecule has 18 heavy (non-hydrogen) atoms. The van der Waals surface area contributed by atoms with Crippen LogP contribution in [-0.4, -0.2) is 41.4 Å². The van der Waals surface area contributed by atoms with Crippen molar-refractivity contribution in [3.05, 3.63) is 21.9 Å². The van der Waals surface area contributed by atoms with Gasteiger partial charge in [-0.1, -0.05) is 11.8 Å². The SMILES string of the molecule is OCC#Cc1csc(CN2CCC(CO)CC2)c1. The number of rotatable bonds is 3. The summed E-state index contributed by atoms with van der Waals surface area (Å²) in [5, 5.41) is 19.8. The number of hydrogen-bond donors (Lipinski definition) is 2. The van der Waals surface area contributed by atoms with E-state index in [0.717, 1.165) is 38.0 Å². The molecule has 0 spiro atoms. The lowest BCUT2D eigenvalue weighted by Crippen LogP contribution is -2.34. The number of thiophene rings is 1. The van der Waals surface area contributed by atoms with Crippen LogP contribution in [0.5, 0.6) is 0 Å². The molecule has 0 unspecified atom stereocenters. The highest BCUT2D eigenvalue weighted by Gasteiger charge is 2.18. The maximum absolute atomic E-state index is 9.10. The smallest absolute Gasteiger partial charge is 0.104 e. The minimum atomic E-state index is -0.0835. The van der Waals surface area contributed by atoms with Gasteiger partial charge in [0.15, 0.2) is 0 Å². The first kappa shape index (κ1) is 13.6. The molecule has 98 valence electrons. The molecular formula is C14H19NO2S. The van der Waals surface area contributed by atoms with E-state index < -0.39 is 0 Å². The minimum absolute atomic E-state index is 0.0835. The maximum Gasteiger partial charge on any atom is 0.104 e. The van der Waals surface area contributed by atoms with Crippen LogP contribution in [0.2, 0.25) is 0 Å². The molecule has 1 aromatic heterocycles. The highest BCUT2D eigenvalue weighted by atomic mass is 32.1. The van der Waals surface area contributed by atoms with Gasteiger partial charge in [0, 0.05) is 29.0 Å². The average molecular weight is 265 g/mol. The molecule has 1 saturated heterocycles. The van der Waals surface area contributed by atoms with E-state index in [4.69, 9.17) is 10.2 Å². The van der Waals surface area contributed by atoms with Gasteiger partial charge in [-0.25, -0.2) is 0 Å². The molecule has 4 heteroatoms. The van der Waals surface area contributed by atoms with Crippen molar-refractivity contribution in [2.24, 2.45) is 5.92 Å². The summed E-state index contributed by atoms with van der Waals surface area (Å²) in [5.41, 5.74) is 0.995. The third-order valence-electron chi connectivity index (χ3n) is 3.31. The summed E-state index contributed by atoms with van der Waals surface area (Å²) in [6, 6.07) is 2.10. The summed E-state index contributed by atoms with van der Waals surface area (Å²) in [6.45, 7) is 3.36. The topological polar surface area (TPSA) is 43.7 Å². The zero-order valence-electron chi connectivity index (χ0n) is 10.4. The summed E-state index contributed by atoms with van der Waals surface area (Å²) < 4.78 is 0. The third kappa shape index (κ3) is 3.82. The number of hydrogen-bond acceptors (Lipinski definition) is 4. The molecule has 0 amide bonds. The molecule has 0 radical (unpaired) electrons. The van der Waals surface area contributed by atoms with Gasteiger partial charge in [-0.15, -0.1) is 11.3 Å². The molecule has 1 aliphatic rings. The summed E-state index contributed by atoms with van der Waals surface area (Å²) in [5.74, 6) is 6.09. The summed E-state index contributed by atoms with van der Waals surface area (Å²) in [6.07, 6.45) is 2.19. The Balaban J connectivity index is 1.85. The molecule has 3 nitrogen and oxygen atoms in total. The van der Waals surface area contributed by atoms with Crippen molar-refractivity contribution >= 4 is 11.3 Å². The fourth-order valence-electron chi connectivity index (χ4n) is 2.22. The maximum atomic E-state index is 9.10. The van der Waals surface area contributed by atoms with Gasteiger partial charge in [0.25, 0.3) is 0 Å². The Hall–Kier alpha value is -0.860. The lowest BCUT2D eigenvalue weighted by Gasteiger charge is -2.30. The van der Waals surface area contributed by atoms with Crippen LogP contribution in [0.15, 0.2) is 11.4 Å². The molecular weight excluding hydrogens is 246 g/mol. The van der Waals surface area contributed by atoms with Gasteiger partial charge >= 0.3 is 0 Å². The van der Waals surface area contributed by atoms with Gasteiger partial charge < -0.3 is 10.2 Å². The van der Waals surface area contributed by atoms with Crippen LogP contribution in [-0.2, 0) is 6.54 Å². The Morgan fingerprint density at radius 1 is 1.33 bits per heavy atom. The molecule has 1 fully saturated rings. The van der Waals surface area contributed by atoms with E-state index >= 15 is 0 Å². The van der Waals surface area contributed by atoms with E-state index in [0.29, 0.717) is 12.5 Å². The Morgan fingerprint density at radius 2 is 2.11 bits per heavy atom. The quantitative estimate of drug-likeness (QED) is 0.810. The van der Waals surface area contributed by atoms with Gasteiger partial charge in [0.05, 0.1) is 0 Å². The molecule has 0 atom stereocenters. The normalized spacial score (nSPS) is 17.4. The minimum Gasteiger partial charge on any atom is -0.396 e. The van der Waals surface area contributed by atoms with Gasteiger partial charge in [-0.05, 0) is 37.9 Å². The number of nitrogens with zero attached hydrogens (tertiary/aromatic N) is 1. The number of piperidine rings is 1. The first-order valence-corrected chi connectivity index (χ1v) is 7.20. The van der Waals surface area contributed by atoms with Crippen LogP contribution in [0.3, 0.4) is 0 Å². The fourth-order valence-corrected chi connectivity index (χ4v) is 3.08. The van der Waals surface area contributed by atoms with E-state index in [-0.39, 0.29) is 6.61 Å². The fraction of sp³-hybridized carbons (Fsp3) is 0.571. The molecule has 2 heterocycles. The number of likely N-dealkylation sites (tertiary alicyclic amines) is 1. The summed E-state index contributed by atoms with van der Waals surface area (Å²) in [4.78, 5) is 3.75. The molecule has 2 N–H and O–H groups in total. The Bertz CT molecular complexity index is 424. The van der Waals surface area contributed by atoms with E-state index in [1.807, 2.05) is 5.38 Å². The second-order valence-corrected chi connectivity index (χ2v) is 5.66. The van der Waals surface area contributed by atoms with Crippen molar-refractivity contribution < 1.29 is 10.2 Å². The number of aliphatic hydroxyl groups excluding tert-OH is 2. The van der Waals surface area contributed by atoms with Gasteiger partial charge in [-0.2, -0.15) is 0 Å². The van der Waals surface area contributed by atoms with Crippen molar-refractivity contribution in [3.63, 3.8) is 0 Å². The van der Waals surface area contributed by atoms with Crippen LogP contribution in [0, 0.1) is 17.8 Å². The predicted molar refractivity (Wildman–Crippen MR) is 73.4 cm³/mol. The Labute approximate surface area is 112 Å². The van der Waals surface area contributed by atoms with Crippen LogP contribution in [0.1, 0.15) is 23.3 Å². The Morgan fingerprint density at radius 3 is 2.78 bits per heavy atom. The molecule has 0 aromatic carbocycles. The zero-order valence-corrected chi connectivity index (χ0v) is 11.2. The molecule has 1 aromatic rings. The molecule has 0 bridgehead atoms. The lowest BCUT2D eigenvalue weighted by molar-refractivity contribution is 0.128. The molecule has 0 saturated carbocycles. The van der Waals surface area contributed by atoms with Crippen molar-refractivity contribution in [2.75, 3.05) is 26.3 Å². The second-order valence-electron chi connectivity index (χ2n) is 4.66. The van der Waals surface area contributed by atoms with Crippen molar-refractivity contribution in [1.29, 1.82) is 0 Å². The van der Waals surface area contributed by atoms with Crippen LogP contribution in [0.4, 0.5) is 0 Å². The van der Waals surface area contributed by atoms with Crippen LogP contribution < -0.4 is 0 Å². The van der Waals surface area contributed by atoms with E-state index in [1.165, 1.54) is 4.88 Å². The monoisotopic (exact) mass is 265 g/mol. The van der Waals surface area contributed by atoms with Crippen LogP contribution >= 0.6 is 11.3 Å². The largest absolute Gasteiger partial charge is 0.396 e. The van der Waals surface area contributed by atoms with E-state index in [1.54, 1.807) is 11.3 Å². The summed E-state index contributed by atoms with van der Waals surface area (Å²) >= 11 is 1.73. The lowest BCUT2D eigenvalue weighted by atomic mass is 9.98. The molecule has 2 rings (SSSR count). The first-order chi connectivity index (χ1) is 8.81. The molecule has 1 aliphatic heterocycles. The average Bonchev–Trinajstić information content (AvgIpc) is 2.85. The predicted octanol–water partition coefficient (Wildman–Crippen LogP) is 1.30. The van der Waals surface area contributed by atoms with Crippen LogP contribution in [0.25, 0.3) is 0 Å². The second kappa shape index (κ2) is 6.91. The van der Waals surface area contributed by atoms with E-state index in [9.17, 15) is 0 Å². The Kier molecular flexibility index (Phi) is 5.21. The van der Waals surface area contributed by atoms with Crippen molar-refractivity contribution in [1.82, 2.24) is 4.90 Å². The molecule has 0 aliphatic carbocycles. The summed E-state index contributed by atoms with van der Waals surface area (Å²) in [7, 11) is 0. The van der Waals surface area contributed by atoms with Crippen molar-refractivity contribution in [3.8, 4) is 11.8 Å². The standard InChI is InChI=1S/C14H19NO2S/c16-7-1-2-13-8-14(18-11-13)9-15-5-3-12(10-17)4-6-15/h8,11-12,16-17H,3-7,9-10H2. The van der Waals surface area contributed by atoms with Gasteiger partial charge in [0.1, 0.15) is 6.61 Å². The van der Waals surface area contributed by atoms with Gasteiger partial charge in [0.2, 0.25) is 0 Å².